The molecular weight excluding hydrogens is 298 g/mol. The Labute approximate surface area is 114 Å². The van der Waals surface area contributed by atoms with Gasteiger partial charge < -0.3 is 10.6 Å². The van der Waals surface area contributed by atoms with Crippen LogP contribution in [0.4, 0.5) is 0 Å². The molecule has 0 radical (unpaired) electrons. The molecular formula is C12H16BrN3O2. The van der Waals surface area contributed by atoms with E-state index in [1.807, 2.05) is 13.8 Å². The van der Waals surface area contributed by atoms with E-state index in [0.717, 1.165) is 0 Å². The maximum atomic E-state index is 11.7. The summed E-state index contributed by atoms with van der Waals surface area (Å²) in [4.78, 5) is 27.0. The number of amides is 2. The number of nitrogens with zero attached hydrogens (tertiary/aromatic N) is 1. The molecule has 5 nitrogen and oxygen atoms in total. The molecule has 1 aromatic heterocycles. The van der Waals surface area contributed by atoms with E-state index in [9.17, 15) is 9.59 Å². The fraction of sp³-hybridized carbons (Fsp3) is 0.417. The quantitative estimate of drug-likeness (QED) is 0.865. The van der Waals surface area contributed by atoms with E-state index in [4.69, 9.17) is 0 Å². The lowest BCUT2D eigenvalue weighted by Gasteiger charge is -2.09. The molecule has 0 saturated heterocycles. The number of carbonyl (C=O) groups excluding carboxylic acids is 2. The molecule has 0 atom stereocenters. The van der Waals surface area contributed by atoms with E-state index in [-0.39, 0.29) is 24.3 Å². The van der Waals surface area contributed by atoms with Gasteiger partial charge in [-0.2, -0.15) is 0 Å². The topological polar surface area (TPSA) is 71.1 Å². The molecule has 0 aliphatic rings. The summed E-state index contributed by atoms with van der Waals surface area (Å²) in [5.41, 5.74) is 0.321. The van der Waals surface area contributed by atoms with Gasteiger partial charge in [0, 0.05) is 29.7 Å². The second-order valence-corrected chi connectivity index (χ2v) is 4.92. The first kappa shape index (κ1) is 14.6. The first-order chi connectivity index (χ1) is 8.50. The van der Waals surface area contributed by atoms with Crippen molar-refractivity contribution >= 4 is 27.7 Å². The third-order valence-electron chi connectivity index (χ3n) is 2.06. The van der Waals surface area contributed by atoms with E-state index in [1.54, 1.807) is 18.3 Å². The molecule has 2 N–H and O–H groups in total. The molecule has 1 aromatic rings. The molecule has 0 aliphatic heterocycles. The lowest BCUT2D eigenvalue weighted by molar-refractivity contribution is -0.121. The number of aromatic nitrogens is 1. The third-order valence-corrected chi connectivity index (χ3v) is 2.70. The summed E-state index contributed by atoms with van der Waals surface area (Å²) >= 11 is 3.25. The molecule has 0 unspecified atom stereocenters. The van der Waals surface area contributed by atoms with Gasteiger partial charge in [0.1, 0.15) is 5.69 Å². The Morgan fingerprint density at radius 3 is 2.78 bits per heavy atom. The van der Waals surface area contributed by atoms with Gasteiger partial charge in [-0.25, -0.2) is 4.98 Å². The van der Waals surface area contributed by atoms with Crippen LogP contribution in [0, 0.1) is 0 Å². The number of hydrogen-bond acceptors (Lipinski definition) is 3. The summed E-state index contributed by atoms with van der Waals surface area (Å²) in [6, 6.07) is 3.59. The van der Waals surface area contributed by atoms with Gasteiger partial charge in [0.15, 0.2) is 0 Å². The summed E-state index contributed by atoms with van der Waals surface area (Å²) in [7, 11) is 0. The van der Waals surface area contributed by atoms with Crippen molar-refractivity contribution in [3.05, 3.63) is 28.5 Å². The van der Waals surface area contributed by atoms with Crippen LogP contribution in [0.3, 0.4) is 0 Å². The zero-order valence-corrected chi connectivity index (χ0v) is 12.0. The Kier molecular flexibility index (Phi) is 5.77. The van der Waals surface area contributed by atoms with Crippen molar-refractivity contribution in [3.8, 4) is 0 Å². The summed E-state index contributed by atoms with van der Waals surface area (Å²) in [6.45, 7) is 4.07. The van der Waals surface area contributed by atoms with Gasteiger partial charge in [0.2, 0.25) is 5.91 Å². The second-order valence-electron chi connectivity index (χ2n) is 4.06. The maximum Gasteiger partial charge on any atom is 0.271 e. The van der Waals surface area contributed by atoms with E-state index in [1.165, 1.54) is 0 Å². The van der Waals surface area contributed by atoms with Crippen LogP contribution in [0.15, 0.2) is 22.8 Å². The molecule has 0 aliphatic carbocycles. The van der Waals surface area contributed by atoms with Gasteiger partial charge in [0.25, 0.3) is 5.91 Å². The lowest BCUT2D eigenvalue weighted by atomic mass is 10.3. The summed E-state index contributed by atoms with van der Waals surface area (Å²) in [5, 5.41) is 5.40. The summed E-state index contributed by atoms with van der Waals surface area (Å²) in [5.74, 6) is -0.370. The van der Waals surface area contributed by atoms with Gasteiger partial charge in [-0.05, 0) is 41.9 Å². The van der Waals surface area contributed by atoms with Crippen LogP contribution in [0.25, 0.3) is 0 Å². The Hall–Kier alpha value is -1.43. The Bertz CT molecular complexity index is 435. The molecule has 0 saturated carbocycles. The van der Waals surface area contributed by atoms with Crippen LogP contribution >= 0.6 is 15.9 Å². The van der Waals surface area contributed by atoms with Crippen molar-refractivity contribution in [2.75, 3.05) is 6.54 Å². The average molecular weight is 314 g/mol. The predicted molar refractivity (Wildman–Crippen MR) is 72.2 cm³/mol. The highest BCUT2D eigenvalue weighted by Crippen LogP contribution is 2.12. The molecule has 1 rings (SSSR count). The fourth-order valence-corrected chi connectivity index (χ4v) is 1.76. The molecule has 6 heteroatoms. The third kappa shape index (κ3) is 4.83. The first-order valence-corrected chi connectivity index (χ1v) is 6.48. The van der Waals surface area contributed by atoms with Crippen molar-refractivity contribution in [2.24, 2.45) is 0 Å². The molecule has 1 heterocycles. The van der Waals surface area contributed by atoms with Gasteiger partial charge in [-0.1, -0.05) is 0 Å². The Balaban J connectivity index is 2.39. The van der Waals surface area contributed by atoms with Gasteiger partial charge >= 0.3 is 0 Å². The van der Waals surface area contributed by atoms with Crippen LogP contribution in [-0.2, 0) is 4.79 Å². The van der Waals surface area contributed by atoms with Crippen molar-refractivity contribution in [2.45, 2.75) is 26.3 Å². The number of halogens is 1. The first-order valence-electron chi connectivity index (χ1n) is 5.68. The van der Waals surface area contributed by atoms with E-state index >= 15 is 0 Å². The van der Waals surface area contributed by atoms with E-state index < -0.39 is 0 Å². The Morgan fingerprint density at radius 2 is 2.17 bits per heavy atom. The highest BCUT2D eigenvalue weighted by atomic mass is 79.9. The lowest BCUT2D eigenvalue weighted by Crippen LogP contribution is -2.34. The summed E-state index contributed by atoms with van der Waals surface area (Å²) in [6.07, 6.45) is 1.81. The van der Waals surface area contributed by atoms with Gasteiger partial charge in [0.05, 0.1) is 0 Å². The van der Waals surface area contributed by atoms with Gasteiger partial charge in [-0.3, -0.25) is 9.59 Å². The van der Waals surface area contributed by atoms with Crippen molar-refractivity contribution in [1.82, 2.24) is 15.6 Å². The molecule has 98 valence electrons. The van der Waals surface area contributed by atoms with Crippen LogP contribution < -0.4 is 10.6 Å². The minimum Gasteiger partial charge on any atom is -0.354 e. The second kappa shape index (κ2) is 7.10. The number of hydrogen-bond donors (Lipinski definition) is 2. The molecule has 0 fully saturated rings. The average Bonchev–Trinajstić information content (AvgIpc) is 2.28. The normalized spacial score (nSPS) is 10.2. The zero-order valence-electron chi connectivity index (χ0n) is 10.4. The standard InChI is InChI=1S/C12H16BrN3O2/c1-8(2)16-10(17)5-7-15-12(18)11-9(13)4-3-6-14-11/h3-4,6,8H,5,7H2,1-2H3,(H,15,18)(H,16,17). The maximum absolute atomic E-state index is 11.7. The summed E-state index contributed by atoms with van der Waals surface area (Å²) < 4.78 is 0.633. The zero-order chi connectivity index (χ0) is 13.5. The highest BCUT2D eigenvalue weighted by molar-refractivity contribution is 9.10. The van der Waals surface area contributed by atoms with E-state index in [0.29, 0.717) is 16.7 Å². The van der Waals surface area contributed by atoms with Gasteiger partial charge in [-0.15, -0.1) is 0 Å². The largest absolute Gasteiger partial charge is 0.354 e. The van der Waals surface area contributed by atoms with Crippen molar-refractivity contribution in [1.29, 1.82) is 0 Å². The van der Waals surface area contributed by atoms with Crippen LogP contribution in [0.2, 0.25) is 0 Å². The van der Waals surface area contributed by atoms with E-state index in [2.05, 4.69) is 31.5 Å². The fourth-order valence-electron chi connectivity index (χ4n) is 1.32. The number of rotatable bonds is 5. The number of pyridine rings is 1. The molecule has 2 amide bonds. The van der Waals surface area contributed by atoms with Crippen molar-refractivity contribution in [3.63, 3.8) is 0 Å². The number of carbonyl (C=O) groups is 2. The monoisotopic (exact) mass is 313 g/mol. The minimum absolute atomic E-state index is 0.0783. The predicted octanol–water partition coefficient (Wildman–Crippen LogP) is 1.49. The Morgan fingerprint density at radius 1 is 1.44 bits per heavy atom. The van der Waals surface area contributed by atoms with Crippen LogP contribution in [0.1, 0.15) is 30.8 Å². The highest BCUT2D eigenvalue weighted by Gasteiger charge is 2.11. The SMILES string of the molecule is CC(C)NC(=O)CCNC(=O)c1ncccc1Br. The molecule has 0 bridgehead atoms. The minimum atomic E-state index is -0.292. The van der Waals surface area contributed by atoms with Crippen molar-refractivity contribution < 1.29 is 9.59 Å². The van der Waals surface area contributed by atoms with Crippen LogP contribution in [0.5, 0.6) is 0 Å². The number of nitrogens with one attached hydrogen (secondary N) is 2. The molecule has 18 heavy (non-hydrogen) atoms. The molecule has 0 aromatic carbocycles. The molecule has 0 spiro atoms. The van der Waals surface area contributed by atoms with Crippen LogP contribution in [-0.4, -0.2) is 29.4 Å². The smallest absolute Gasteiger partial charge is 0.271 e.